The van der Waals surface area contributed by atoms with E-state index in [-0.39, 0.29) is 11.9 Å². The molecule has 1 saturated heterocycles. The van der Waals surface area contributed by atoms with E-state index in [1.807, 2.05) is 30.7 Å². The van der Waals surface area contributed by atoms with Crippen molar-refractivity contribution in [1.82, 2.24) is 10.2 Å². The minimum atomic E-state index is -0.581. The fraction of sp³-hybridized carbons (Fsp3) is 0.562. The summed E-state index contributed by atoms with van der Waals surface area (Å²) in [4.78, 5) is 15.8. The standard InChI is InChI=1S/C16H23F2N3O/c1-11(2)20(3)10-16(22)19-13-6-7-21(9-13)15-5-4-12(17)8-14(15)18/h4-5,8,11,13H,6-7,9-10H2,1-3H3,(H,19,22). The minimum absolute atomic E-state index is 0.00230. The number of nitrogens with zero attached hydrogens (tertiary/aromatic N) is 2. The average Bonchev–Trinajstić information content (AvgIpc) is 2.86. The lowest BCUT2D eigenvalue weighted by Gasteiger charge is -2.22. The second-order valence-electron chi connectivity index (χ2n) is 6.10. The van der Waals surface area contributed by atoms with Crippen LogP contribution in [0.5, 0.6) is 0 Å². The number of carbonyl (C=O) groups is 1. The molecule has 1 aromatic carbocycles. The van der Waals surface area contributed by atoms with Crippen molar-refractivity contribution in [2.75, 3.05) is 31.6 Å². The van der Waals surface area contributed by atoms with Gasteiger partial charge in [0.1, 0.15) is 11.6 Å². The first-order chi connectivity index (χ1) is 10.4. The number of carbonyl (C=O) groups excluding carboxylic acids is 1. The van der Waals surface area contributed by atoms with Crippen molar-refractivity contribution in [2.24, 2.45) is 0 Å². The Labute approximate surface area is 130 Å². The van der Waals surface area contributed by atoms with Crippen molar-refractivity contribution in [3.63, 3.8) is 0 Å². The van der Waals surface area contributed by atoms with Crippen LogP contribution in [0.1, 0.15) is 20.3 Å². The predicted molar refractivity (Wildman–Crippen MR) is 82.9 cm³/mol. The quantitative estimate of drug-likeness (QED) is 0.903. The van der Waals surface area contributed by atoms with Gasteiger partial charge in [0.05, 0.1) is 12.2 Å². The maximum Gasteiger partial charge on any atom is 0.234 e. The molecule has 1 amide bonds. The van der Waals surface area contributed by atoms with Crippen LogP contribution < -0.4 is 10.2 Å². The molecule has 6 heteroatoms. The summed E-state index contributed by atoms with van der Waals surface area (Å²) in [6.45, 7) is 5.59. The van der Waals surface area contributed by atoms with Crippen LogP contribution in [0.3, 0.4) is 0 Å². The van der Waals surface area contributed by atoms with E-state index in [9.17, 15) is 13.6 Å². The molecule has 4 nitrogen and oxygen atoms in total. The van der Waals surface area contributed by atoms with E-state index in [4.69, 9.17) is 0 Å². The van der Waals surface area contributed by atoms with Gasteiger partial charge >= 0.3 is 0 Å². The smallest absolute Gasteiger partial charge is 0.234 e. The molecule has 0 aliphatic carbocycles. The molecule has 0 aromatic heterocycles. The second-order valence-corrected chi connectivity index (χ2v) is 6.10. The topological polar surface area (TPSA) is 35.6 Å². The molecule has 0 saturated carbocycles. The van der Waals surface area contributed by atoms with Gasteiger partial charge in [-0.15, -0.1) is 0 Å². The van der Waals surface area contributed by atoms with Crippen LogP contribution >= 0.6 is 0 Å². The number of benzene rings is 1. The Balaban J connectivity index is 1.89. The molecule has 0 bridgehead atoms. The van der Waals surface area contributed by atoms with Crippen molar-refractivity contribution in [2.45, 2.75) is 32.4 Å². The van der Waals surface area contributed by atoms with Gasteiger partial charge in [-0.1, -0.05) is 0 Å². The largest absolute Gasteiger partial charge is 0.367 e. The highest BCUT2D eigenvalue weighted by atomic mass is 19.1. The molecule has 0 radical (unpaired) electrons. The third-order valence-electron chi connectivity index (χ3n) is 4.08. The Hall–Kier alpha value is -1.69. The third kappa shape index (κ3) is 4.16. The number of hydrogen-bond acceptors (Lipinski definition) is 3. The van der Waals surface area contributed by atoms with Gasteiger partial charge in [-0.05, 0) is 39.4 Å². The van der Waals surface area contributed by atoms with E-state index in [2.05, 4.69) is 5.32 Å². The minimum Gasteiger partial charge on any atom is -0.367 e. The molecule has 1 atom stereocenters. The summed E-state index contributed by atoms with van der Waals surface area (Å²) < 4.78 is 26.7. The Morgan fingerprint density at radius 3 is 2.82 bits per heavy atom. The summed E-state index contributed by atoms with van der Waals surface area (Å²) in [6.07, 6.45) is 0.758. The number of halogens is 2. The first kappa shape index (κ1) is 16.7. The molecule has 1 unspecified atom stereocenters. The average molecular weight is 311 g/mol. The lowest BCUT2D eigenvalue weighted by molar-refractivity contribution is -0.122. The van der Waals surface area contributed by atoms with Crippen LogP contribution in [0.15, 0.2) is 18.2 Å². The summed E-state index contributed by atoms with van der Waals surface area (Å²) in [6, 6.07) is 3.89. The summed E-state index contributed by atoms with van der Waals surface area (Å²) in [5, 5.41) is 2.98. The molecule has 1 N–H and O–H groups in total. The molecular weight excluding hydrogens is 288 g/mol. The Morgan fingerprint density at radius 1 is 1.45 bits per heavy atom. The molecule has 122 valence electrons. The second kappa shape index (κ2) is 7.05. The SMILES string of the molecule is CC(C)N(C)CC(=O)NC1CCN(c2ccc(F)cc2F)C1. The lowest BCUT2D eigenvalue weighted by Crippen LogP contribution is -2.43. The zero-order valence-corrected chi connectivity index (χ0v) is 13.3. The molecule has 0 spiro atoms. The van der Waals surface area contributed by atoms with E-state index >= 15 is 0 Å². The maximum absolute atomic E-state index is 13.8. The first-order valence-electron chi connectivity index (χ1n) is 7.56. The van der Waals surface area contributed by atoms with E-state index in [1.54, 1.807) is 0 Å². The number of anilines is 1. The van der Waals surface area contributed by atoms with Crippen LogP contribution in [0.2, 0.25) is 0 Å². The van der Waals surface area contributed by atoms with E-state index < -0.39 is 11.6 Å². The molecular formula is C16H23F2N3O. The first-order valence-corrected chi connectivity index (χ1v) is 7.56. The van der Waals surface area contributed by atoms with Crippen molar-refractivity contribution in [1.29, 1.82) is 0 Å². The van der Waals surface area contributed by atoms with Crippen molar-refractivity contribution in [3.05, 3.63) is 29.8 Å². The zero-order valence-electron chi connectivity index (χ0n) is 13.3. The number of likely N-dealkylation sites (N-methyl/N-ethyl adjacent to an activating group) is 1. The van der Waals surface area contributed by atoms with E-state index in [1.165, 1.54) is 12.1 Å². The third-order valence-corrected chi connectivity index (χ3v) is 4.08. The molecule has 1 aliphatic heterocycles. The maximum atomic E-state index is 13.8. The van der Waals surface area contributed by atoms with Crippen molar-refractivity contribution in [3.8, 4) is 0 Å². The van der Waals surface area contributed by atoms with Crippen LogP contribution in [0, 0.1) is 11.6 Å². The van der Waals surface area contributed by atoms with Crippen LogP contribution in [0.25, 0.3) is 0 Å². The van der Waals surface area contributed by atoms with E-state index in [0.717, 1.165) is 12.5 Å². The summed E-state index contributed by atoms with van der Waals surface area (Å²) >= 11 is 0. The molecule has 1 aromatic rings. The molecule has 1 aliphatic rings. The van der Waals surface area contributed by atoms with Crippen molar-refractivity contribution < 1.29 is 13.6 Å². The summed E-state index contributed by atoms with van der Waals surface area (Å²) in [5.41, 5.74) is 0.387. The fourth-order valence-electron chi connectivity index (χ4n) is 2.52. The van der Waals surface area contributed by atoms with Gasteiger partial charge in [0.15, 0.2) is 0 Å². The lowest BCUT2D eigenvalue weighted by atomic mass is 10.2. The predicted octanol–water partition coefficient (Wildman–Crippen LogP) is 2.00. The van der Waals surface area contributed by atoms with Crippen LogP contribution in [0.4, 0.5) is 14.5 Å². The van der Waals surface area contributed by atoms with Crippen LogP contribution in [-0.2, 0) is 4.79 Å². The molecule has 1 fully saturated rings. The highest BCUT2D eigenvalue weighted by Crippen LogP contribution is 2.24. The van der Waals surface area contributed by atoms with Gasteiger partial charge in [-0.25, -0.2) is 8.78 Å². The Bertz CT molecular complexity index is 536. The molecule has 2 rings (SSSR count). The molecule has 22 heavy (non-hydrogen) atoms. The number of rotatable bonds is 5. The van der Waals surface area contributed by atoms with Gasteiger partial charge in [-0.3, -0.25) is 9.69 Å². The number of amides is 1. The van der Waals surface area contributed by atoms with Gasteiger partial charge in [0.25, 0.3) is 0 Å². The van der Waals surface area contributed by atoms with Gasteiger partial charge in [0.2, 0.25) is 5.91 Å². The Morgan fingerprint density at radius 2 is 2.18 bits per heavy atom. The zero-order chi connectivity index (χ0) is 16.3. The van der Waals surface area contributed by atoms with Crippen molar-refractivity contribution >= 4 is 11.6 Å². The number of hydrogen-bond donors (Lipinski definition) is 1. The van der Waals surface area contributed by atoms with Crippen LogP contribution in [-0.4, -0.2) is 49.6 Å². The monoisotopic (exact) mass is 311 g/mol. The molecule has 1 heterocycles. The van der Waals surface area contributed by atoms with Gasteiger partial charge in [-0.2, -0.15) is 0 Å². The Kier molecular flexibility index (Phi) is 5.34. The summed E-state index contributed by atoms with van der Waals surface area (Å²) in [5.74, 6) is -1.17. The highest BCUT2D eigenvalue weighted by molar-refractivity contribution is 5.78. The van der Waals surface area contributed by atoms with Gasteiger partial charge in [0, 0.05) is 31.2 Å². The number of nitrogens with one attached hydrogen (secondary N) is 1. The van der Waals surface area contributed by atoms with E-state index in [0.29, 0.717) is 31.4 Å². The fourth-order valence-corrected chi connectivity index (χ4v) is 2.52. The summed E-state index contributed by atoms with van der Waals surface area (Å²) in [7, 11) is 1.90. The van der Waals surface area contributed by atoms with Gasteiger partial charge < -0.3 is 10.2 Å². The highest BCUT2D eigenvalue weighted by Gasteiger charge is 2.26. The normalized spacial score (nSPS) is 18.3.